The molecule has 6 nitrogen and oxygen atoms in total. The molecule has 6 heteroatoms. The van der Waals surface area contributed by atoms with E-state index in [1.165, 1.54) is 12.1 Å². The Morgan fingerprint density at radius 3 is 2.62 bits per heavy atom. The highest BCUT2D eigenvalue weighted by molar-refractivity contribution is 5.88. The van der Waals surface area contributed by atoms with Crippen molar-refractivity contribution in [2.75, 3.05) is 23.4 Å². The lowest BCUT2D eigenvalue weighted by Crippen LogP contribution is -2.23. The first-order valence-corrected chi connectivity index (χ1v) is 8.40. The molecule has 0 aliphatic heterocycles. The monoisotopic (exact) mass is 350 g/mol. The fourth-order valence-electron chi connectivity index (χ4n) is 2.52. The van der Waals surface area contributed by atoms with Crippen molar-refractivity contribution in [3.05, 3.63) is 59.2 Å². The molecule has 0 aliphatic carbocycles. The normalized spacial score (nSPS) is 10.5. The Balaban J connectivity index is 2.04. The number of carbonyl (C=O) groups is 1. The number of carboxylic acid groups (broad SMARTS) is 1. The quantitative estimate of drug-likeness (QED) is 0.557. The summed E-state index contributed by atoms with van der Waals surface area (Å²) in [5.74, 6) is -0.952. The average Bonchev–Trinajstić information content (AvgIpc) is 2.64. The molecule has 2 N–H and O–H groups in total. The lowest BCUT2D eigenvalue weighted by molar-refractivity contribution is 0.0697. The van der Waals surface area contributed by atoms with Gasteiger partial charge in [-0.1, -0.05) is 6.07 Å². The van der Waals surface area contributed by atoms with Crippen LogP contribution in [0.25, 0.3) is 0 Å². The third-order valence-electron chi connectivity index (χ3n) is 4.02. The van der Waals surface area contributed by atoms with Gasteiger partial charge in [-0.15, -0.1) is 0 Å². The van der Waals surface area contributed by atoms with Crippen LogP contribution in [0.15, 0.2) is 47.6 Å². The number of hydrazone groups is 1. The summed E-state index contributed by atoms with van der Waals surface area (Å²) in [4.78, 5) is 13.0. The Hall–Kier alpha value is -3.33. The molecule has 0 heterocycles. The van der Waals surface area contributed by atoms with E-state index in [9.17, 15) is 4.79 Å². The molecule has 2 aromatic carbocycles. The van der Waals surface area contributed by atoms with E-state index in [1.54, 1.807) is 18.3 Å². The molecule has 2 aromatic rings. The largest absolute Gasteiger partial charge is 0.478 e. The van der Waals surface area contributed by atoms with Crippen LogP contribution in [0.1, 0.15) is 34.8 Å². The van der Waals surface area contributed by atoms with Gasteiger partial charge in [0.1, 0.15) is 0 Å². The number of aromatic carboxylic acids is 1. The topological polar surface area (TPSA) is 88.7 Å². The molecular weight excluding hydrogens is 328 g/mol. The minimum absolute atomic E-state index is 0.239. The van der Waals surface area contributed by atoms with Gasteiger partial charge in [-0.3, -0.25) is 5.43 Å². The van der Waals surface area contributed by atoms with E-state index in [2.05, 4.69) is 34.5 Å². The highest BCUT2D eigenvalue weighted by Crippen LogP contribution is 2.19. The molecule has 0 saturated carbocycles. The maximum Gasteiger partial charge on any atom is 0.335 e. The van der Waals surface area contributed by atoms with Crippen molar-refractivity contribution in [2.45, 2.75) is 20.3 Å². The average molecular weight is 350 g/mol. The number of rotatable bonds is 8. The molecule has 0 atom stereocenters. The number of hydrogen-bond donors (Lipinski definition) is 2. The van der Waals surface area contributed by atoms with Gasteiger partial charge in [-0.25, -0.2) is 4.79 Å². The smallest absolute Gasteiger partial charge is 0.335 e. The first-order valence-electron chi connectivity index (χ1n) is 8.40. The van der Waals surface area contributed by atoms with Crippen LogP contribution in [0.2, 0.25) is 0 Å². The predicted octanol–water partition coefficient (Wildman–Crippen LogP) is 3.88. The molecule has 0 aromatic heterocycles. The van der Waals surface area contributed by atoms with Gasteiger partial charge in [0.25, 0.3) is 0 Å². The fourth-order valence-corrected chi connectivity index (χ4v) is 2.52. The van der Waals surface area contributed by atoms with E-state index in [-0.39, 0.29) is 5.56 Å². The van der Waals surface area contributed by atoms with E-state index in [4.69, 9.17) is 10.4 Å². The minimum atomic E-state index is -0.952. The van der Waals surface area contributed by atoms with Crippen molar-refractivity contribution in [3.8, 4) is 6.07 Å². The summed E-state index contributed by atoms with van der Waals surface area (Å²) < 4.78 is 0. The molecule has 0 aliphatic rings. The van der Waals surface area contributed by atoms with Crippen molar-refractivity contribution >= 4 is 23.6 Å². The van der Waals surface area contributed by atoms with Crippen molar-refractivity contribution in [2.24, 2.45) is 5.10 Å². The maximum atomic E-state index is 10.8. The Bertz CT molecular complexity index is 823. The molecule has 26 heavy (non-hydrogen) atoms. The van der Waals surface area contributed by atoms with E-state index in [1.807, 2.05) is 19.1 Å². The number of nitriles is 1. The highest BCUT2D eigenvalue weighted by atomic mass is 16.4. The Labute approximate surface area is 153 Å². The van der Waals surface area contributed by atoms with Gasteiger partial charge in [-0.05, 0) is 61.4 Å². The molecule has 0 spiro atoms. The molecule has 0 amide bonds. The SMILES string of the molecule is CCN(CCC#N)c1ccc(/C=N\Nc2ccc(C(=O)O)cc2)c(C)c1. The summed E-state index contributed by atoms with van der Waals surface area (Å²) >= 11 is 0. The highest BCUT2D eigenvalue weighted by Gasteiger charge is 2.06. The van der Waals surface area contributed by atoms with Crippen LogP contribution in [0.5, 0.6) is 0 Å². The summed E-state index contributed by atoms with van der Waals surface area (Å²) in [5, 5.41) is 21.9. The van der Waals surface area contributed by atoms with Gasteiger partial charge in [-0.2, -0.15) is 10.4 Å². The zero-order valence-electron chi connectivity index (χ0n) is 14.9. The Morgan fingerprint density at radius 2 is 2.04 bits per heavy atom. The summed E-state index contributed by atoms with van der Waals surface area (Å²) in [7, 11) is 0. The van der Waals surface area contributed by atoms with Crippen molar-refractivity contribution in [1.29, 1.82) is 5.26 Å². The number of nitrogens with zero attached hydrogens (tertiary/aromatic N) is 3. The van der Waals surface area contributed by atoms with Gasteiger partial charge >= 0.3 is 5.97 Å². The summed E-state index contributed by atoms with van der Waals surface area (Å²) in [6.45, 7) is 5.66. The van der Waals surface area contributed by atoms with Crippen LogP contribution in [-0.2, 0) is 0 Å². The number of aryl methyl sites for hydroxylation is 1. The first kappa shape index (κ1) is 19.0. The van der Waals surface area contributed by atoms with Gasteiger partial charge in [0.2, 0.25) is 0 Å². The molecule has 0 unspecified atom stereocenters. The standard InChI is InChI=1S/C20H22N4O2/c1-3-24(12-4-11-21)19-10-7-17(15(2)13-19)14-22-23-18-8-5-16(6-9-18)20(25)26/h5-10,13-14,23H,3-4,12H2,1-2H3,(H,25,26)/b22-14-. The van der Waals surface area contributed by atoms with Crippen molar-refractivity contribution in [1.82, 2.24) is 0 Å². The second-order valence-corrected chi connectivity index (χ2v) is 5.78. The van der Waals surface area contributed by atoms with Crippen molar-refractivity contribution in [3.63, 3.8) is 0 Å². The minimum Gasteiger partial charge on any atom is -0.478 e. The number of hydrogen-bond acceptors (Lipinski definition) is 5. The molecule has 0 radical (unpaired) electrons. The van der Waals surface area contributed by atoms with Crippen LogP contribution in [0.3, 0.4) is 0 Å². The summed E-state index contributed by atoms with van der Waals surface area (Å²) in [5.41, 5.74) is 7.01. The number of nitrogens with one attached hydrogen (secondary N) is 1. The zero-order chi connectivity index (χ0) is 18.9. The fraction of sp³-hybridized carbons (Fsp3) is 0.250. The van der Waals surface area contributed by atoms with Crippen LogP contribution in [-0.4, -0.2) is 30.4 Å². The number of carboxylic acids is 1. The first-order chi connectivity index (χ1) is 12.5. The van der Waals surface area contributed by atoms with E-state index < -0.39 is 5.97 Å². The van der Waals surface area contributed by atoms with Crippen LogP contribution >= 0.6 is 0 Å². The van der Waals surface area contributed by atoms with Crippen LogP contribution in [0, 0.1) is 18.3 Å². The lowest BCUT2D eigenvalue weighted by Gasteiger charge is -2.22. The molecule has 0 bridgehead atoms. The van der Waals surface area contributed by atoms with Gasteiger partial charge in [0, 0.05) is 18.8 Å². The van der Waals surface area contributed by atoms with E-state index in [0.29, 0.717) is 18.7 Å². The van der Waals surface area contributed by atoms with Gasteiger partial charge in [0.05, 0.1) is 30.0 Å². The van der Waals surface area contributed by atoms with Crippen molar-refractivity contribution < 1.29 is 9.90 Å². The molecule has 0 fully saturated rings. The summed E-state index contributed by atoms with van der Waals surface area (Å²) in [6.07, 6.45) is 2.23. The lowest BCUT2D eigenvalue weighted by atomic mass is 10.1. The Morgan fingerprint density at radius 1 is 1.31 bits per heavy atom. The Kier molecular flexibility index (Phi) is 6.75. The maximum absolute atomic E-state index is 10.8. The second kappa shape index (κ2) is 9.23. The van der Waals surface area contributed by atoms with Crippen LogP contribution < -0.4 is 10.3 Å². The molecule has 0 saturated heterocycles. The molecular formula is C20H22N4O2. The third kappa shape index (κ3) is 5.08. The van der Waals surface area contributed by atoms with E-state index in [0.717, 1.165) is 23.4 Å². The van der Waals surface area contributed by atoms with E-state index >= 15 is 0 Å². The van der Waals surface area contributed by atoms with Gasteiger partial charge in [0.15, 0.2) is 0 Å². The zero-order valence-corrected chi connectivity index (χ0v) is 14.9. The number of benzene rings is 2. The predicted molar refractivity (Wildman–Crippen MR) is 104 cm³/mol. The second-order valence-electron chi connectivity index (χ2n) is 5.78. The molecule has 134 valence electrons. The molecule has 2 rings (SSSR count). The van der Waals surface area contributed by atoms with Gasteiger partial charge < -0.3 is 10.0 Å². The number of anilines is 2. The third-order valence-corrected chi connectivity index (χ3v) is 4.02. The van der Waals surface area contributed by atoms with Crippen LogP contribution in [0.4, 0.5) is 11.4 Å². The summed E-state index contributed by atoms with van der Waals surface area (Å²) in [6, 6.07) is 14.7.